The zero-order valence-electron chi connectivity index (χ0n) is 19.6. The summed E-state index contributed by atoms with van der Waals surface area (Å²) < 4.78 is 24.6. The van der Waals surface area contributed by atoms with E-state index in [1.165, 1.54) is 24.5 Å². The highest BCUT2D eigenvalue weighted by Gasteiger charge is 2.26. The van der Waals surface area contributed by atoms with Crippen LogP contribution in [0.4, 0.5) is 21.6 Å². The molecule has 1 atom stereocenters. The molecular formula is C25H25ClFN5O4. The Bertz CT molecular complexity index is 1300. The number of benzene rings is 2. The molecule has 1 unspecified atom stereocenters. The van der Waals surface area contributed by atoms with E-state index >= 15 is 0 Å². The predicted octanol–water partition coefficient (Wildman–Crippen LogP) is 4.31. The van der Waals surface area contributed by atoms with Gasteiger partial charge in [0.25, 0.3) is 0 Å². The Balaban J connectivity index is 1.54. The van der Waals surface area contributed by atoms with E-state index in [9.17, 15) is 14.0 Å². The molecule has 36 heavy (non-hydrogen) atoms. The molecule has 1 saturated heterocycles. The van der Waals surface area contributed by atoms with E-state index in [2.05, 4.69) is 27.2 Å². The van der Waals surface area contributed by atoms with Crippen LogP contribution in [-0.2, 0) is 14.3 Å². The fourth-order valence-electron chi connectivity index (χ4n) is 3.78. The number of anilines is 3. The lowest BCUT2D eigenvalue weighted by molar-refractivity contribution is -0.156. The van der Waals surface area contributed by atoms with Crippen LogP contribution in [0.5, 0.6) is 5.75 Å². The van der Waals surface area contributed by atoms with Gasteiger partial charge in [0, 0.05) is 30.2 Å². The van der Waals surface area contributed by atoms with E-state index < -0.39 is 11.7 Å². The first-order valence-corrected chi connectivity index (χ1v) is 11.7. The number of fused-ring (bicyclic) bond motifs is 1. The van der Waals surface area contributed by atoms with Crippen LogP contribution in [0.1, 0.15) is 13.3 Å². The van der Waals surface area contributed by atoms with Crippen molar-refractivity contribution in [3.8, 4) is 5.75 Å². The summed E-state index contributed by atoms with van der Waals surface area (Å²) in [7, 11) is 0. The number of aromatic nitrogens is 2. The second-order valence-corrected chi connectivity index (χ2v) is 8.52. The van der Waals surface area contributed by atoms with E-state index in [-0.39, 0.29) is 17.0 Å². The molecule has 1 aliphatic rings. The number of carbonyl (C=O) groups excluding carboxylic acids is 2. The summed E-state index contributed by atoms with van der Waals surface area (Å²) in [5.41, 5.74) is 1.52. The molecule has 9 nitrogen and oxygen atoms in total. The maximum atomic E-state index is 13.5. The quantitative estimate of drug-likeness (QED) is 0.248. The number of carbonyl (C=O) groups is 2. The van der Waals surface area contributed by atoms with Gasteiger partial charge in [-0.3, -0.25) is 14.5 Å². The first-order chi connectivity index (χ1) is 17.4. The number of amides is 1. The van der Waals surface area contributed by atoms with Gasteiger partial charge in [0.1, 0.15) is 36.4 Å². The normalized spacial score (nSPS) is 15.9. The molecule has 1 aromatic heterocycles. The highest BCUT2D eigenvalue weighted by molar-refractivity contribution is 6.31. The van der Waals surface area contributed by atoms with Gasteiger partial charge in [-0.2, -0.15) is 0 Å². The number of rotatable bonds is 9. The van der Waals surface area contributed by atoms with Gasteiger partial charge in [0.2, 0.25) is 5.91 Å². The monoisotopic (exact) mass is 513 g/mol. The second kappa shape index (κ2) is 11.3. The third kappa shape index (κ3) is 5.89. The number of hydrogen-bond donors (Lipinski definition) is 2. The lowest BCUT2D eigenvalue weighted by Gasteiger charge is -2.31. The van der Waals surface area contributed by atoms with Gasteiger partial charge in [0.05, 0.1) is 22.8 Å². The highest BCUT2D eigenvalue weighted by Crippen LogP contribution is 2.34. The van der Waals surface area contributed by atoms with Gasteiger partial charge in [-0.1, -0.05) is 18.2 Å². The maximum absolute atomic E-state index is 13.5. The Hall–Kier alpha value is -3.76. The highest BCUT2D eigenvalue weighted by atomic mass is 35.5. The fourth-order valence-corrected chi connectivity index (χ4v) is 3.96. The standard InChI is InChI=1S/C25H25ClFN5O4/c1-3-23(33)31-21-12-17-20(28-14-29-24(17)30-16-5-6-19(27)18(26)11-16)13-22(21)35-9-4-7-32-8-10-36-25(34)15(32)2/h3,5-6,11-15H,1,4,7-10H2,2H3,(H,31,33)(H,28,29,30). The SMILES string of the molecule is C=CC(=O)Nc1cc2c(Nc3ccc(F)c(Cl)c3)ncnc2cc1OCCCN1CCOC(=O)C1C. The smallest absolute Gasteiger partial charge is 0.323 e. The molecule has 1 fully saturated rings. The molecular weight excluding hydrogens is 489 g/mol. The Morgan fingerprint density at radius 3 is 2.97 bits per heavy atom. The van der Waals surface area contributed by atoms with Crippen molar-refractivity contribution in [2.75, 3.05) is 36.9 Å². The van der Waals surface area contributed by atoms with Crippen molar-refractivity contribution >= 4 is 51.6 Å². The molecule has 2 N–H and O–H groups in total. The molecule has 1 aliphatic heterocycles. The van der Waals surface area contributed by atoms with Crippen LogP contribution in [-0.4, -0.2) is 59.1 Å². The lowest BCUT2D eigenvalue weighted by atomic mass is 10.1. The summed E-state index contributed by atoms with van der Waals surface area (Å²) in [6, 6.07) is 7.35. The number of halogens is 2. The first kappa shape index (κ1) is 25.3. The number of morpholine rings is 1. The summed E-state index contributed by atoms with van der Waals surface area (Å²) in [4.78, 5) is 34.5. The average molecular weight is 514 g/mol. The Kier molecular flexibility index (Phi) is 7.97. The van der Waals surface area contributed by atoms with E-state index in [4.69, 9.17) is 21.1 Å². The van der Waals surface area contributed by atoms with Crippen molar-refractivity contribution in [3.63, 3.8) is 0 Å². The van der Waals surface area contributed by atoms with Gasteiger partial charge in [-0.25, -0.2) is 14.4 Å². The predicted molar refractivity (Wildman–Crippen MR) is 135 cm³/mol. The third-order valence-corrected chi connectivity index (χ3v) is 6.01. The molecule has 1 amide bonds. The molecule has 188 valence electrons. The van der Waals surface area contributed by atoms with Crippen LogP contribution >= 0.6 is 11.6 Å². The zero-order valence-corrected chi connectivity index (χ0v) is 20.3. The largest absolute Gasteiger partial charge is 0.491 e. The van der Waals surface area contributed by atoms with Gasteiger partial charge < -0.3 is 20.1 Å². The maximum Gasteiger partial charge on any atom is 0.323 e. The summed E-state index contributed by atoms with van der Waals surface area (Å²) >= 11 is 5.90. The number of ether oxygens (including phenoxy) is 2. The number of esters is 1. The summed E-state index contributed by atoms with van der Waals surface area (Å²) in [6.07, 6.45) is 3.21. The van der Waals surface area contributed by atoms with Crippen molar-refractivity contribution in [1.82, 2.24) is 14.9 Å². The molecule has 2 heterocycles. The molecule has 0 bridgehead atoms. The number of cyclic esters (lactones) is 1. The zero-order chi connectivity index (χ0) is 25.7. The van der Waals surface area contributed by atoms with Crippen LogP contribution in [0, 0.1) is 5.82 Å². The minimum absolute atomic E-state index is 0.0242. The van der Waals surface area contributed by atoms with Gasteiger partial charge in [-0.15, -0.1) is 0 Å². The summed E-state index contributed by atoms with van der Waals surface area (Å²) in [5.74, 6) is -0.289. The minimum atomic E-state index is -0.527. The van der Waals surface area contributed by atoms with E-state index in [0.717, 1.165) is 6.08 Å². The molecule has 3 aromatic rings. The van der Waals surface area contributed by atoms with Crippen molar-refractivity contribution in [3.05, 3.63) is 60.2 Å². The minimum Gasteiger partial charge on any atom is -0.491 e. The average Bonchev–Trinajstić information content (AvgIpc) is 2.87. The number of nitrogens with zero attached hydrogens (tertiary/aromatic N) is 3. The van der Waals surface area contributed by atoms with Crippen molar-refractivity contribution in [2.45, 2.75) is 19.4 Å². The Labute approximate surface area is 212 Å². The van der Waals surface area contributed by atoms with Crippen LogP contribution in [0.3, 0.4) is 0 Å². The van der Waals surface area contributed by atoms with E-state index in [1.54, 1.807) is 12.1 Å². The van der Waals surface area contributed by atoms with Gasteiger partial charge in [0.15, 0.2) is 0 Å². The van der Waals surface area contributed by atoms with Crippen molar-refractivity contribution < 1.29 is 23.5 Å². The second-order valence-electron chi connectivity index (χ2n) is 8.12. The first-order valence-electron chi connectivity index (χ1n) is 11.3. The van der Waals surface area contributed by atoms with Crippen LogP contribution in [0.2, 0.25) is 5.02 Å². The van der Waals surface area contributed by atoms with Gasteiger partial charge in [-0.05, 0) is 43.7 Å². The van der Waals surface area contributed by atoms with Crippen molar-refractivity contribution in [1.29, 1.82) is 0 Å². The number of hydrogen-bond acceptors (Lipinski definition) is 8. The number of nitrogens with one attached hydrogen (secondary N) is 2. The van der Waals surface area contributed by atoms with E-state index in [1.807, 2.05) is 11.8 Å². The Morgan fingerprint density at radius 2 is 2.19 bits per heavy atom. The molecule has 0 aliphatic carbocycles. The fraction of sp³-hybridized carbons (Fsp3) is 0.280. The molecule has 2 aromatic carbocycles. The van der Waals surface area contributed by atoms with E-state index in [0.29, 0.717) is 66.6 Å². The summed E-state index contributed by atoms with van der Waals surface area (Å²) in [5, 5.41) is 6.44. The molecule has 11 heteroatoms. The van der Waals surface area contributed by atoms with Crippen molar-refractivity contribution in [2.24, 2.45) is 0 Å². The molecule has 0 radical (unpaired) electrons. The molecule has 0 spiro atoms. The topological polar surface area (TPSA) is 106 Å². The molecule has 4 rings (SSSR count). The van der Waals surface area contributed by atoms with Crippen LogP contribution < -0.4 is 15.4 Å². The van der Waals surface area contributed by atoms with Crippen LogP contribution in [0.15, 0.2) is 49.3 Å². The summed E-state index contributed by atoms with van der Waals surface area (Å²) in [6.45, 7) is 7.39. The van der Waals surface area contributed by atoms with Crippen LogP contribution in [0.25, 0.3) is 10.9 Å². The van der Waals surface area contributed by atoms with Gasteiger partial charge >= 0.3 is 5.97 Å². The molecule has 0 saturated carbocycles. The third-order valence-electron chi connectivity index (χ3n) is 5.72. The lowest BCUT2D eigenvalue weighted by Crippen LogP contribution is -2.47. The Morgan fingerprint density at radius 1 is 1.36 bits per heavy atom.